The molecule has 2 unspecified atom stereocenters. The molecule has 4 fully saturated rings. The number of esters is 3. The number of hydrogen-bond acceptors (Lipinski definition) is 18. The van der Waals surface area contributed by atoms with Crippen LogP contribution in [0.4, 0.5) is 17.6 Å². The number of nitrogens with one attached hydrogen (secondary N) is 2. The molecule has 0 aromatic carbocycles. The number of aryl methyl sites for hydroxylation is 2. The second-order valence-electron chi connectivity index (χ2n) is 17.8. The van der Waals surface area contributed by atoms with Gasteiger partial charge in [-0.25, -0.2) is 28.9 Å². The van der Waals surface area contributed by atoms with E-state index in [1.807, 2.05) is 0 Å². The Morgan fingerprint density at radius 2 is 1.34 bits per heavy atom. The first-order valence-electron chi connectivity index (χ1n) is 21.6. The molecule has 28 heteroatoms. The van der Waals surface area contributed by atoms with Gasteiger partial charge in [-0.05, 0) is 66.5 Å². The Morgan fingerprint density at radius 1 is 0.838 bits per heavy atom. The molecular weight excluding hydrogens is 958 g/mol. The standard InChI is InChI=1S/C23H34F2N3O9P.C17H24F2N3O7P/c1-14-9-11-28(21(31)27-14)20-23(24,25)18-16(35-20)13-34-38(32,37-18)26-10-7-6-8-15(19(30)33-5)12-17(29)36-22(2,3)4;1-9(2)14(23)26-7-11(4)21-30(25)27-8-12-13(29-30)17(18,19)15(28-12)22-6-5-10(3)20-16(22)24/h9,11,15-16,18,20H,6-8,10,12-13H2,1-5H3,(H,26,32);5-6,9,11-13,15H,7-8H2,1-4H3,(H,21,25)/t15-,16-,18-,20-,38?;11-,12-,13-,15-,30?/m11/s1. The van der Waals surface area contributed by atoms with Crippen LogP contribution >= 0.6 is 15.5 Å². The van der Waals surface area contributed by atoms with E-state index in [2.05, 4.69) is 20.1 Å². The second-order valence-corrected chi connectivity index (χ2v) is 21.3. The number of hydrogen-bond donors (Lipinski definition) is 2. The Morgan fingerprint density at radius 3 is 1.81 bits per heavy atom. The summed E-state index contributed by atoms with van der Waals surface area (Å²) in [7, 11) is -7.04. The Bertz CT molecular complexity index is 2350. The summed E-state index contributed by atoms with van der Waals surface area (Å²) in [4.78, 5) is 67.2. The van der Waals surface area contributed by atoms with E-state index in [1.54, 1.807) is 48.5 Å². The number of carbonyl (C=O) groups excluding carboxylic acids is 3. The largest absolute Gasteiger partial charge is 0.469 e. The Kier molecular flexibility index (Phi) is 17.8. The van der Waals surface area contributed by atoms with Crippen molar-refractivity contribution in [1.29, 1.82) is 0 Å². The lowest BCUT2D eigenvalue weighted by molar-refractivity contribution is -0.160. The molecule has 6 rings (SSSR count). The summed E-state index contributed by atoms with van der Waals surface area (Å²) in [6.45, 7) is 12.1. The zero-order valence-corrected chi connectivity index (χ0v) is 40.7. The lowest BCUT2D eigenvalue weighted by Gasteiger charge is -2.33. The van der Waals surface area contributed by atoms with Crippen molar-refractivity contribution in [3.63, 3.8) is 0 Å². The van der Waals surface area contributed by atoms with Crippen molar-refractivity contribution in [2.45, 2.75) is 141 Å². The van der Waals surface area contributed by atoms with Crippen molar-refractivity contribution in [2.24, 2.45) is 11.8 Å². The van der Waals surface area contributed by atoms with Gasteiger partial charge in [0.1, 0.15) is 24.4 Å². The lowest BCUT2D eigenvalue weighted by atomic mass is 9.98. The fraction of sp³-hybridized carbons (Fsp3) is 0.725. The van der Waals surface area contributed by atoms with Gasteiger partial charge in [-0.15, -0.1) is 0 Å². The van der Waals surface area contributed by atoms with E-state index in [0.717, 1.165) is 12.4 Å². The molecule has 2 N–H and O–H groups in total. The minimum Gasteiger partial charge on any atom is -0.469 e. The van der Waals surface area contributed by atoms with Gasteiger partial charge < -0.3 is 23.7 Å². The van der Waals surface area contributed by atoms with Crippen LogP contribution < -0.4 is 21.6 Å². The summed E-state index contributed by atoms with van der Waals surface area (Å²) in [6.07, 6.45) is -7.04. The van der Waals surface area contributed by atoms with Gasteiger partial charge in [0.15, 0.2) is 12.2 Å². The van der Waals surface area contributed by atoms with Crippen LogP contribution in [0.3, 0.4) is 0 Å². The van der Waals surface area contributed by atoms with E-state index in [0.29, 0.717) is 33.4 Å². The van der Waals surface area contributed by atoms with Crippen molar-refractivity contribution in [3.05, 3.63) is 56.9 Å². The highest BCUT2D eigenvalue weighted by molar-refractivity contribution is 7.52. The molecule has 0 saturated carbocycles. The van der Waals surface area contributed by atoms with Crippen molar-refractivity contribution in [1.82, 2.24) is 29.3 Å². The minimum atomic E-state index is -4.15. The molecule has 0 amide bonds. The number of rotatable bonds is 16. The highest BCUT2D eigenvalue weighted by atomic mass is 31.2. The van der Waals surface area contributed by atoms with E-state index in [9.17, 15) is 33.1 Å². The number of aromatic nitrogens is 4. The van der Waals surface area contributed by atoms with Crippen LogP contribution in [0.2, 0.25) is 0 Å². The van der Waals surface area contributed by atoms with E-state index in [-0.39, 0.29) is 31.9 Å². The van der Waals surface area contributed by atoms with E-state index in [4.69, 9.17) is 41.8 Å². The van der Waals surface area contributed by atoms with E-state index >= 15 is 17.6 Å². The molecule has 2 aromatic heterocycles. The average Bonchev–Trinajstić information content (AvgIpc) is 3.64. The number of halogens is 4. The Labute approximate surface area is 388 Å². The average molecular weight is 1020 g/mol. The van der Waals surface area contributed by atoms with Crippen LogP contribution in [0, 0.1) is 25.7 Å². The van der Waals surface area contributed by atoms with Crippen LogP contribution in [0.5, 0.6) is 0 Å². The highest BCUT2D eigenvalue weighted by Crippen LogP contribution is 2.58. The summed E-state index contributed by atoms with van der Waals surface area (Å²) in [6, 6.07) is 2.10. The first-order valence-corrected chi connectivity index (χ1v) is 24.7. The monoisotopic (exact) mass is 1020 g/mol. The summed E-state index contributed by atoms with van der Waals surface area (Å²) in [5, 5.41) is 5.02. The van der Waals surface area contributed by atoms with Crippen molar-refractivity contribution in [2.75, 3.05) is 33.5 Å². The third kappa shape index (κ3) is 13.7. The van der Waals surface area contributed by atoms with Crippen LogP contribution in [0.25, 0.3) is 0 Å². The van der Waals surface area contributed by atoms with Gasteiger partial charge in [0.25, 0.3) is 0 Å². The van der Waals surface area contributed by atoms with Crippen LogP contribution in [0.1, 0.15) is 91.1 Å². The first kappa shape index (κ1) is 55.0. The predicted molar refractivity (Wildman–Crippen MR) is 227 cm³/mol. The number of methoxy groups -OCH3 is 1. The molecular formula is C40H58F4N6O16P2. The summed E-state index contributed by atoms with van der Waals surface area (Å²) in [5.74, 6) is -9.98. The van der Waals surface area contributed by atoms with Gasteiger partial charge in [-0.3, -0.25) is 41.6 Å². The maximum absolute atomic E-state index is 15.2. The molecule has 0 aliphatic carbocycles. The fourth-order valence-electron chi connectivity index (χ4n) is 7.14. The highest BCUT2D eigenvalue weighted by Gasteiger charge is 2.66. The molecule has 4 aliphatic heterocycles. The van der Waals surface area contributed by atoms with Crippen LogP contribution in [0.15, 0.2) is 34.1 Å². The number of nitrogens with zero attached hydrogens (tertiary/aromatic N) is 4. The third-order valence-corrected chi connectivity index (χ3v) is 13.8. The molecule has 0 bridgehead atoms. The molecule has 68 heavy (non-hydrogen) atoms. The van der Waals surface area contributed by atoms with Crippen LogP contribution in [-0.4, -0.2) is 118 Å². The van der Waals surface area contributed by atoms with Gasteiger partial charge in [-0.1, -0.05) is 20.3 Å². The molecule has 22 nitrogen and oxygen atoms in total. The smallest absolute Gasteiger partial charge is 0.406 e. The SMILES string of the molecule is COC(=O)[C@H](CCCCNP1(=O)OC[C@H]2O[C@@H](n3ccc(C)nc3=O)C(F)(F)[C@@H]2O1)CC(=O)OC(C)(C)C.Cc1ccn([C@@H]2O[C@@H]3COP(=O)(N[C@H](C)COC(=O)C(C)C)O[C@H]3C2(F)F)c(=O)n1. The molecule has 382 valence electrons. The second kappa shape index (κ2) is 22.0. The first-order chi connectivity index (χ1) is 31.6. The molecule has 10 atom stereocenters. The quantitative estimate of drug-likeness (QED) is 0.0761. The molecule has 2 aromatic rings. The number of ether oxygens (including phenoxy) is 5. The Balaban J connectivity index is 0.000000261. The molecule has 4 saturated heterocycles. The van der Waals surface area contributed by atoms with Gasteiger partial charge in [0.05, 0.1) is 38.6 Å². The zero-order chi connectivity index (χ0) is 50.6. The summed E-state index contributed by atoms with van der Waals surface area (Å²) in [5.41, 5.74) is -1.77. The normalized spacial score (nSPS) is 29.1. The maximum atomic E-state index is 15.2. The number of alkyl halides is 4. The van der Waals surface area contributed by atoms with Crippen molar-refractivity contribution < 1.29 is 82.9 Å². The third-order valence-electron chi connectivity index (χ3n) is 10.4. The fourth-order valence-corrected chi connectivity index (χ4v) is 10.4. The van der Waals surface area contributed by atoms with Crippen molar-refractivity contribution in [3.8, 4) is 0 Å². The molecule has 4 aliphatic rings. The zero-order valence-electron chi connectivity index (χ0n) is 38.9. The van der Waals surface area contributed by atoms with E-state index < -0.39 is 124 Å². The molecule has 0 radical (unpaired) electrons. The van der Waals surface area contributed by atoms with Gasteiger partial charge in [0, 0.05) is 36.4 Å². The predicted octanol–water partition coefficient (Wildman–Crippen LogP) is 4.67. The van der Waals surface area contributed by atoms with E-state index in [1.165, 1.54) is 26.2 Å². The van der Waals surface area contributed by atoms with Gasteiger partial charge in [-0.2, -0.15) is 27.5 Å². The molecule has 6 heterocycles. The van der Waals surface area contributed by atoms with Crippen LogP contribution in [-0.2, 0) is 65.3 Å². The maximum Gasteiger partial charge on any atom is 0.406 e. The lowest BCUT2D eigenvalue weighted by Crippen LogP contribution is -2.47. The van der Waals surface area contributed by atoms with Gasteiger partial charge >= 0.3 is 56.6 Å². The van der Waals surface area contributed by atoms with Crippen molar-refractivity contribution >= 4 is 33.4 Å². The summed E-state index contributed by atoms with van der Waals surface area (Å²) < 4.78 is 134. The number of unbranched alkanes of at least 4 members (excludes halogenated alkanes) is 1. The minimum absolute atomic E-state index is 0.0617. The number of carbonyl (C=O) groups is 3. The molecule has 0 spiro atoms. The Hall–Kier alpha value is -3.97. The van der Waals surface area contributed by atoms with Gasteiger partial charge in [0.2, 0.25) is 12.5 Å². The topological polar surface area (TPSA) is 262 Å². The number of fused-ring (bicyclic) bond motifs is 2. The summed E-state index contributed by atoms with van der Waals surface area (Å²) >= 11 is 0.